The van der Waals surface area contributed by atoms with Gasteiger partial charge < -0.3 is 0 Å². The molecular formula is C12H16N2. The predicted octanol–water partition coefficient (Wildman–Crippen LogP) is 2.61. The van der Waals surface area contributed by atoms with Gasteiger partial charge in [-0.15, -0.1) is 0 Å². The minimum Gasteiger partial charge on any atom is -0.241 e. The Hall–Kier alpha value is -0.920. The fourth-order valence-corrected chi connectivity index (χ4v) is 2.00. The van der Waals surface area contributed by atoms with Crippen LogP contribution in [0.3, 0.4) is 0 Å². The van der Waals surface area contributed by atoms with Crippen molar-refractivity contribution in [1.29, 1.82) is 0 Å². The largest absolute Gasteiger partial charge is 0.241 e. The first kappa shape index (κ1) is 8.39. The third kappa shape index (κ3) is 1.66. The maximum absolute atomic E-state index is 4.60. The van der Waals surface area contributed by atoms with E-state index >= 15 is 0 Å². The molecule has 0 saturated heterocycles. The smallest absolute Gasteiger partial charge is 0.128 e. The van der Waals surface area contributed by atoms with Crippen LogP contribution in [0.5, 0.6) is 0 Å². The van der Waals surface area contributed by atoms with Crippen LogP contribution >= 0.6 is 0 Å². The molecule has 0 radical (unpaired) electrons. The summed E-state index contributed by atoms with van der Waals surface area (Å²) in [6.45, 7) is 2.13. The zero-order valence-electron chi connectivity index (χ0n) is 8.66. The lowest BCUT2D eigenvalue weighted by Gasteiger charge is -2.04. The van der Waals surface area contributed by atoms with Gasteiger partial charge >= 0.3 is 0 Å². The van der Waals surface area contributed by atoms with E-state index < -0.39 is 0 Å². The van der Waals surface area contributed by atoms with Crippen LogP contribution in [-0.4, -0.2) is 9.97 Å². The highest BCUT2D eigenvalue weighted by molar-refractivity contribution is 5.25. The molecule has 0 aliphatic heterocycles. The Labute approximate surface area is 84.8 Å². The summed E-state index contributed by atoms with van der Waals surface area (Å²) >= 11 is 0. The number of aryl methyl sites for hydroxylation is 1. The standard InChI is InChI=1S/C12H16N2/c1-8-11(10-4-5-10)7-13-12(14-8)6-9-2-3-9/h7,9-10H,2-6H2,1H3. The highest BCUT2D eigenvalue weighted by Gasteiger charge is 2.27. The Balaban J connectivity index is 1.81. The van der Waals surface area contributed by atoms with Gasteiger partial charge in [0.25, 0.3) is 0 Å². The molecule has 0 N–H and O–H groups in total. The number of aromatic nitrogens is 2. The summed E-state index contributed by atoms with van der Waals surface area (Å²) in [5.41, 5.74) is 2.61. The van der Waals surface area contributed by atoms with Gasteiger partial charge in [-0.05, 0) is 50.0 Å². The van der Waals surface area contributed by atoms with Crippen molar-refractivity contribution in [3.63, 3.8) is 0 Å². The number of rotatable bonds is 3. The van der Waals surface area contributed by atoms with Gasteiger partial charge in [-0.25, -0.2) is 9.97 Å². The highest BCUT2D eigenvalue weighted by atomic mass is 14.9. The van der Waals surface area contributed by atoms with E-state index in [1.165, 1.54) is 36.9 Å². The van der Waals surface area contributed by atoms with E-state index in [9.17, 15) is 0 Å². The maximum atomic E-state index is 4.60. The van der Waals surface area contributed by atoms with Crippen molar-refractivity contribution in [3.05, 3.63) is 23.3 Å². The second kappa shape index (κ2) is 3.04. The Morgan fingerprint density at radius 3 is 2.64 bits per heavy atom. The van der Waals surface area contributed by atoms with Gasteiger partial charge in [0.05, 0.1) is 0 Å². The molecule has 0 atom stereocenters. The SMILES string of the molecule is Cc1nc(CC2CC2)ncc1C1CC1. The van der Waals surface area contributed by atoms with Crippen molar-refractivity contribution in [3.8, 4) is 0 Å². The van der Waals surface area contributed by atoms with Gasteiger partial charge in [0.15, 0.2) is 0 Å². The van der Waals surface area contributed by atoms with E-state index in [1.807, 2.05) is 0 Å². The molecule has 2 nitrogen and oxygen atoms in total. The van der Waals surface area contributed by atoms with Crippen LogP contribution in [0.2, 0.25) is 0 Å². The zero-order valence-corrected chi connectivity index (χ0v) is 8.66. The molecule has 0 aromatic carbocycles. The van der Waals surface area contributed by atoms with Crippen molar-refractivity contribution < 1.29 is 0 Å². The molecule has 2 saturated carbocycles. The average Bonchev–Trinajstić information content (AvgIpc) is 2.98. The number of nitrogens with zero attached hydrogens (tertiary/aromatic N) is 2. The van der Waals surface area contributed by atoms with E-state index in [-0.39, 0.29) is 0 Å². The van der Waals surface area contributed by atoms with Crippen molar-refractivity contribution >= 4 is 0 Å². The van der Waals surface area contributed by atoms with Crippen LogP contribution in [-0.2, 0) is 6.42 Å². The van der Waals surface area contributed by atoms with Crippen LogP contribution in [0.4, 0.5) is 0 Å². The van der Waals surface area contributed by atoms with Gasteiger partial charge in [0.2, 0.25) is 0 Å². The molecule has 3 rings (SSSR count). The maximum Gasteiger partial charge on any atom is 0.128 e. The average molecular weight is 188 g/mol. The summed E-state index contributed by atoms with van der Waals surface area (Å²) in [5.74, 6) is 2.74. The molecule has 0 unspecified atom stereocenters. The molecule has 2 heteroatoms. The van der Waals surface area contributed by atoms with E-state index in [2.05, 4.69) is 23.1 Å². The molecule has 1 heterocycles. The quantitative estimate of drug-likeness (QED) is 0.728. The van der Waals surface area contributed by atoms with E-state index in [4.69, 9.17) is 0 Å². The molecular weight excluding hydrogens is 172 g/mol. The summed E-state index contributed by atoms with van der Waals surface area (Å²) in [7, 11) is 0. The normalized spacial score (nSPS) is 21.2. The van der Waals surface area contributed by atoms with Crippen molar-refractivity contribution in [2.75, 3.05) is 0 Å². The van der Waals surface area contributed by atoms with Crippen LogP contribution in [0.25, 0.3) is 0 Å². The highest BCUT2D eigenvalue weighted by Crippen LogP contribution is 2.41. The van der Waals surface area contributed by atoms with Gasteiger partial charge in [-0.1, -0.05) is 0 Å². The molecule has 0 bridgehead atoms. The minimum atomic E-state index is 0.782. The van der Waals surface area contributed by atoms with Crippen LogP contribution in [0.15, 0.2) is 6.20 Å². The molecule has 2 aliphatic carbocycles. The summed E-state index contributed by atoms with van der Waals surface area (Å²) in [4.78, 5) is 9.07. The Kier molecular flexibility index (Phi) is 1.82. The van der Waals surface area contributed by atoms with Crippen LogP contribution in [0.1, 0.15) is 48.7 Å². The molecule has 2 fully saturated rings. The summed E-state index contributed by atoms with van der Waals surface area (Å²) in [5, 5.41) is 0. The third-order valence-electron chi connectivity index (χ3n) is 3.25. The van der Waals surface area contributed by atoms with Gasteiger partial charge in [0.1, 0.15) is 5.82 Å². The summed E-state index contributed by atoms with van der Waals surface area (Å²) in [6.07, 6.45) is 8.61. The van der Waals surface area contributed by atoms with Crippen molar-refractivity contribution in [2.45, 2.75) is 44.9 Å². The molecule has 14 heavy (non-hydrogen) atoms. The van der Waals surface area contributed by atoms with Gasteiger partial charge in [-0.3, -0.25) is 0 Å². The molecule has 2 aliphatic rings. The Morgan fingerprint density at radius 2 is 2.07 bits per heavy atom. The third-order valence-corrected chi connectivity index (χ3v) is 3.25. The second-order valence-electron chi connectivity index (χ2n) is 4.75. The van der Waals surface area contributed by atoms with E-state index in [0.717, 1.165) is 24.1 Å². The molecule has 1 aromatic heterocycles. The lowest BCUT2D eigenvalue weighted by Crippen LogP contribution is -2.01. The number of hydrogen-bond acceptors (Lipinski definition) is 2. The first-order chi connectivity index (χ1) is 6.83. The number of hydrogen-bond donors (Lipinski definition) is 0. The van der Waals surface area contributed by atoms with Crippen LogP contribution in [0, 0.1) is 12.8 Å². The van der Waals surface area contributed by atoms with Crippen molar-refractivity contribution in [2.24, 2.45) is 5.92 Å². The molecule has 1 aromatic rings. The second-order valence-corrected chi connectivity index (χ2v) is 4.75. The Bertz CT molecular complexity index is 351. The first-order valence-electron chi connectivity index (χ1n) is 5.65. The fourth-order valence-electron chi connectivity index (χ4n) is 2.00. The topological polar surface area (TPSA) is 25.8 Å². The van der Waals surface area contributed by atoms with E-state index in [0.29, 0.717) is 0 Å². The van der Waals surface area contributed by atoms with E-state index in [1.54, 1.807) is 0 Å². The minimum absolute atomic E-state index is 0.782. The molecule has 0 spiro atoms. The van der Waals surface area contributed by atoms with Crippen molar-refractivity contribution in [1.82, 2.24) is 9.97 Å². The fraction of sp³-hybridized carbons (Fsp3) is 0.667. The predicted molar refractivity (Wildman–Crippen MR) is 55.2 cm³/mol. The Morgan fingerprint density at radius 1 is 1.29 bits per heavy atom. The summed E-state index contributed by atoms with van der Waals surface area (Å²) in [6, 6.07) is 0. The zero-order chi connectivity index (χ0) is 9.54. The molecule has 0 amide bonds. The molecule has 74 valence electrons. The van der Waals surface area contributed by atoms with Gasteiger partial charge in [-0.2, -0.15) is 0 Å². The summed E-state index contributed by atoms with van der Waals surface area (Å²) < 4.78 is 0. The monoisotopic (exact) mass is 188 g/mol. The van der Waals surface area contributed by atoms with Crippen LogP contribution < -0.4 is 0 Å². The lowest BCUT2D eigenvalue weighted by atomic mass is 10.1. The first-order valence-corrected chi connectivity index (χ1v) is 5.65. The lowest BCUT2D eigenvalue weighted by molar-refractivity contribution is 0.756. The van der Waals surface area contributed by atoms with Gasteiger partial charge in [0, 0.05) is 18.3 Å².